The van der Waals surface area contributed by atoms with E-state index in [0.29, 0.717) is 29.7 Å². The fourth-order valence-corrected chi connectivity index (χ4v) is 5.40. The van der Waals surface area contributed by atoms with Crippen molar-refractivity contribution >= 4 is 50.3 Å². The number of fused-ring (bicyclic) bond motifs is 2. The third-order valence-electron chi connectivity index (χ3n) is 5.11. The second-order valence-electron chi connectivity index (χ2n) is 7.50. The monoisotopic (exact) mass is 494 g/mol. The molecule has 0 atom stereocenters. The number of hydrogen-bond donors (Lipinski definition) is 1. The summed E-state index contributed by atoms with van der Waals surface area (Å²) in [4.78, 5) is 33.9. The molecule has 1 amide bonds. The van der Waals surface area contributed by atoms with Gasteiger partial charge < -0.3 is 5.32 Å². The number of nitrogens with one attached hydrogen (secondary N) is 1. The van der Waals surface area contributed by atoms with E-state index in [2.05, 4.69) is 20.4 Å². The molecule has 2 aromatic carbocycles. The number of carbonyl (C=O) groups excluding carboxylic acids is 1. The van der Waals surface area contributed by atoms with Gasteiger partial charge in [-0.3, -0.25) is 14.2 Å². The van der Waals surface area contributed by atoms with Gasteiger partial charge in [-0.1, -0.05) is 36.0 Å². The Morgan fingerprint density at radius 2 is 2.06 bits per heavy atom. The molecule has 0 radical (unpaired) electrons. The molecule has 0 saturated heterocycles. The number of hydrogen-bond acceptors (Lipinski definition) is 7. The number of carbonyl (C=O) groups is 1. The number of aromatic nitrogens is 5. The molecule has 3 heterocycles. The second-order valence-corrected chi connectivity index (χ2v) is 9.75. The van der Waals surface area contributed by atoms with E-state index in [9.17, 15) is 14.0 Å². The fourth-order valence-electron chi connectivity index (χ4n) is 3.50. The van der Waals surface area contributed by atoms with Gasteiger partial charge in [0.15, 0.2) is 9.99 Å². The first-order chi connectivity index (χ1) is 16.6. The van der Waals surface area contributed by atoms with Gasteiger partial charge in [-0.2, -0.15) is 5.10 Å². The highest BCUT2D eigenvalue weighted by molar-refractivity contribution is 8.01. The van der Waals surface area contributed by atoms with Crippen molar-refractivity contribution in [1.29, 1.82) is 0 Å². The van der Waals surface area contributed by atoms with Gasteiger partial charge >= 0.3 is 0 Å². The van der Waals surface area contributed by atoms with Crippen LogP contribution in [-0.4, -0.2) is 42.5 Å². The van der Waals surface area contributed by atoms with Crippen LogP contribution in [0.1, 0.15) is 5.56 Å². The van der Waals surface area contributed by atoms with Crippen LogP contribution in [0, 0.1) is 5.82 Å². The number of benzene rings is 2. The van der Waals surface area contributed by atoms with E-state index in [0.717, 1.165) is 14.6 Å². The Morgan fingerprint density at radius 3 is 2.91 bits per heavy atom. The van der Waals surface area contributed by atoms with Crippen LogP contribution in [0.25, 0.3) is 21.3 Å². The van der Waals surface area contributed by atoms with Gasteiger partial charge in [0, 0.05) is 6.54 Å². The van der Waals surface area contributed by atoms with Crippen molar-refractivity contribution in [2.24, 2.45) is 0 Å². The molecule has 0 saturated carbocycles. The zero-order valence-electron chi connectivity index (χ0n) is 17.8. The molecule has 0 aliphatic heterocycles. The van der Waals surface area contributed by atoms with Crippen LogP contribution in [0.15, 0.2) is 70.2 Å². The molecular formula is C23H19FN6O2S2. The van der Waals surface area contributed by atoms with E-state index in [1.165, 1.54) is 41.0 Å². The molecule has 0 unspecified atom stereocenters. The van der Waals surface area contributed by atoms with E-state index in [-0.39, 0.29) is 29.6 Å². The summed E-state index contributed by atoms with van der Waals surface area (Å²) < 4.78 is 18.4. The average molecular weight is 495 g/mol. The zero-order chi connectivity index (χ0) is 23.5. The largest absolute Gasteiger partial charge is 0.354 e. The Morgan fingerprint density at radius 1 is 1.18 bits per heavy atom. The van der Waals surface area contributed by atoms with Gasteiger partial charge in [-0.05, 0) is 29.8 Å². The topological polar surface area (TPSA) is 94.7 Å². The minimum absolute atomic E-state index is 0.105. The summed E-state index contributed by atoms with van der Waals surface area (Å²) in [6.07, 6.45) is 2.90. The second kappa shape index (κ2) is 9.74. The predicted molar refractivity (Wildman–Crippen MR) is 131 cm³/mol. The van der Waals surface area contributed by atoms with Gasteiger partial charge in [0.25, 0.3) is 5.56 Å². The lowest BCUT2D eigenvalue weighted by molar-refractivity contribution is -0.118. The van der Waals surface area contributed by atoms with E-state index in [1.54, 1.807) is 28.2 Å². The SMILES string of the molecule is O=C(CSc1nc2ccccc2s1)NCCn1ncc2c(=O)n(Cc3cccc(F)c3)cnc21. The Bertz CT molecular complexity index is 1510. The van der Waals surface area contributed by atoms with Crippen LogP contribution in [-0.2, 0) is 17.9 Å². The van der Waals surface area contributed by atoms with Crippen molar-refractivity contribution in [3.63, 3.8) is 0 Å². The lowest BCUT2D eigenvalue weighted by Crippen LogP contribution is -2.29. The Hall–Kier alpha value is -3.57. The van der Waals surface area contributed by atoms with Crippen molar-refractivity contribution in [1.82, 2.24) is 29.6 Å². The number of amides is 1. The molecular weight excluding hydrogens is 475 g/mol. The van der Waals surface area contributed by atoms with Crippen molar-refractivity contribution < 1.29 is 9.18 Å². The summed E-state index contributed by atoms with van der Waals surface area (Å²) in [5.41, 5.74) is 1.79. The van der Waals surface area contributed by atoms with Gasteiger partial charge in [0.1, 0.15) is 17.5 Å². The zero-order valence-corrected chi connectivity index (χ0v) is 19.5. The highest BCUT2D eigenvalue weighted by Gasteiger charge is 2.12. The number of nitrogens with zero attached hydrogens (tertiary/aromatic N) is 5. The number of para-hydroxylation sites is 1. The quantitative estimate of drug-likeness (QED) is 0.333. The van der Waals surface area contributed by atoms with Gasteiger partial charge in [0.2, 0.25) is 5.91 Å². The summed E-state index contributed by atoms with van der Waals surface area (Å²) in [5.74, 6) is -0.193. The van der Waals surface area contributed by atoms with Crippen LogP contribution in [0.5, 0.6) is 0 Å². The Kier molecular flexibility index (Phi) is 6.37. The van der Waals surface area contributed by atoms with E-state index in [4.69, 9.17) is 0 Å². The van der Waals surface area contributed by atoms with Gasteiger partial charge in [-0.25, -0.2) is 19.0 Å². The summed E-state index contributed by atoms with van der Waals surface area (Å²) in [7, 11) is 0. The molecule has 3 aromatic heterocycles. The summed E-state index contributed by atoms with van der Waals surface area (Å²) in [5, 5.41) is 7.48. The van der Waals surface area contributed by atoms with E-state index < -0.39 is 0 Å². The van der Waals surface area contributed by atoms with Crippen LogP contribution < -0.4 is 10.9 Å². The first-order valence-corrected chi connectivity index (χ1v) is 12.3. The van der Waals surface area contributed by atoms with Gasteiger partial charge in [0.05, 0.1) is 35.3 Å². The molecule has 5 aromatic rings. The Labute approximate surface area is 201 Å². The van der Waals surface area contributed by atoms with Gasteiger partial charge in [-0.15, -0.1) is 11.3 Å². The molecule has 0 spiro atoms. The van der Waals surface area contributed by atoms with Crippen molar-refractivity contribution in [3.05, 3.63) is 82.8 Å². The van der Waals surface area contributed by atoms with Crippen molar-refractivity contribution in [3.8, 4) is 0 Å². The van der Waals surface area contributed by atoms with Crippen LogP contribution >= 0.6 is 23.1 Å². The minimum atomic E-state index is -0.354. The third kappa shape index (κ3) is 4.85. The summed E-state index contributed by atoms with van der Waals surface area (Å²) in [6, 6.07) is 14.0. The van der Waals surface area contributed by atoms with Crippen LogP contribution in [0.3, 0.4) is 0 Å². The van der Waals surface area contributed by atoms with E-state index in [1.807, 2.05) is 24.3 Å². The van der Waals surface area contributed by atoms with Crippen LogP contribution in [0.4, 0.5) is 4.39 Å². The molecule has 8 nitrogen and oxygen atoms in total. The first kappa shape index (κ1) is 22.2. The molecule has 1 N–H and O–H groups in total. The summed E-state index contributed by atoms with van der Waals surface area (Å²) in [6.45, 7) is 0.943. The van der Waals surface area contributed by atoms with E-state index >= 15 is 0 Å². The molecule has 0 fully saturated rings. The normalized spacial score (nSPS) is 11.3. The first-order valence-electron chi connectivity index (χ1n) is 10.5. The molecule has 11 heteroatoms. The van der Waals surface area contributed by atoms with Crippen LogP contribution in [0.2, 0.25) is 0 Å². The predicted octanol–water partition coefficient (Wildman–Crippen LogP) is 3.30. The number of thioether (sulfide) groups is 1. The molecule has 0 aliphatic carbocycles. The fraction of sp³-hybridized carbons (Fsp3) is 0.174. The average Bonchev–Trinajstić information content (AvgIpc) is 3.44. The molecule has 0 bridgehead atoms. The van der Waals surface area contributed by atoms with Crippen molar-refractivity contribution in [2.75, 3.05) is 12.3 Å². The number of halogens is 1. The maximum absolute atomic E-state index is 13.4. The maximum Gasteiger partial charge on any atom is 0.264 e. The number of rotatable bonds is 8. The maximum atomic E-state index is 13.4. The van der Waals surface area contributed by atoms with Crippen molar-refractivity contribution in [2.45, 2.75) is 17.4 Å². The minimum Gasteiger partial charge on any atom is -0.354 e. The lowest BCUT2D eigenvalue weighted by atomic mass is 10.2. The molecule has 0 aliphatic rings. The Balaban J connectivity index is 1.17. The third-order valence-corrected chi connectivity index (χ3v) is 7.29. The molecule has 172 valence electrons. The number of thiazole rings is 1. The lowest BCUT2D eigenvalue weighted by Gasteiger charge is -2.07. The smallest absolute Gasteiger partial charge is 0.264 e. The standard InChI is InChI=1S/C23H19FN6O2S2/c24-16-5-3-4-15(10-16)12-29-14-26-21-17(22(29)32)11-27-30(21)9-8-25-20(31)13-33-23-28-18-6-1-2-7-19(18)34-23/h1-7,10-11,14H,8-9,12-13H2,(H,25,31). The summed E-state index contributed by atoms with van der Waals surface area (Å²) >= 11 is 2.97. The highest BCUT2D eigenvalue weighted by Crippen LogP contribution is 2.29. The molecule has 5 rings (SSSR count). The molecule has 34 heavy (non-hydrogen) atoms. The highest BCUT2D eigenvalue weighted by atomic mass is 32.2.